The highest BCUT2D eigenvalue weighted by atomic mass is 19.1. The third-order valence-electron chi connectivity index (χ3n) is 4.66. The maximum Gasteiger partial charge on any atom is 0.251 e. The van der Waals surface area contributed by atoms with Crippen molar-refractivity contribution in [2.75, 3.05) is 19.6 Å². The lowest BCUT2D eigenvalue weighted by Gasteiger charge is -2.15. The number of halogens is 1. The molecule has 1 aliphatic heterocycles. The van der Waals surface area contributed by atoms with Crippen molar-refractivity contribution in [1.82, 2.24) is 15.5 Å². The van der Waals surface area contributed by atoms with Gasteiger partial charge in [0.2, 0.25) is 11.8 Å². The average molecular weight is 387 g/mol. The Morgan fingerprint density at radius 1 is 1.25 bits per heavy atom. The molecule has 1 fully saturated rings. The number of hydrogen-bond donors (Lipinski definition) is 2. The zero-order valence-corrected chi connectivity index (χ0v) is 15.5. The molecule has 1 saturated heterocycles. The molecule has 0 radical (unpaired) electrons. The van der Waals surface area contributed by atoms with Crippen molar-refractivity contribution >= 4 is 17.7 Å². The second-order valence-electron chi connectivity index (χ2n) is 6.77. The fourth-order valence-electron chi connectivity index (χ4n) is 3.03. The highest BCUT2D eigenvalue weighted by Crippen LogP contribution is 2.20. The van der Waals surface area contributed by atoms with E-state index in [1.807, 2.05) is 0 Å². The standard InChI is InChI=1S/C20H22FN3O4/c1-13-4-5-14(9-17(13)21)19(26)22-6-7-23-20(27)15-10-18(25)24(11-15)12-16-3-2-8-28-16/h2-5,8-9,15H,6-7,10-12H2,1H3,(H,22,26)(H,23,27)/t15-/m0/s1. The lowest BCUT2D eigenvalue weighted by molar-refractivity contribution is -0.129. The Morgan fingerprint density at radius 3 is 2.75 bits per heavy atom. The SMILES string of the molecule is Cc1ccc(C(=O)NCCNC(=O)[C@H]2CC(=O)N(Cc3ccco3)C2)cc1F. The number of hydrogen-bond acceptors (Lipinski definition) is 4. The summed E-state index contributed by atoms with van der Waals surface area (Å²) in [5.41, 5.74) is 0.695. The highest BCUT2D eigenvalue weighted by molar-refractivity contribution is 5.94. The zero-order valence-electron chi connectivity index (χ0n) is 15.5. The quantitative estimate of drug-likeness (QED) is 0.707. The number of aryl methyl sites for hydroxylation is 1. The minimum Gasteiger partial charge on any atom is -0.467 e. The molecule has 0 unspecified atom stereocenters. The second-order valence-corrected chi connectivity index (χ2v) is 6.77. The van der Waals surface area contributed by atoms with Gasteiger partial charge in [0.15, 0.2) is 0 Å². The molecular formula is C20H22FN3O4. The normalized spacial score (nSPS) is 16.3. The van der Waals surface area contributed by atoms with Crippen LogP contribution < -0.4 is 10.6 Å². The molecule has 148 valence electrons. The van der Waals surface area contributed by atoms with Crippen LogP contribution in [-0.2, 0) is 16.1 Å². The molecule has 2 heterocycles. The molecule has 1 atom stereocenters. The number of carbonyl (C=O) groups is 3. The van der Waals surface area contributed by atoms with E-state index in [4.69, 9.17) is 4.42 Å². The molecule has 0 spiro atoms. The van der Waals surface area contributed by atoms with Crippen LogP contribution in [0, 0.1) is 18.7 Å². The molecule has 2 N–H and O–H groups in total. The van der Waals surface area contributed by atoms with Gasteiger partial charge in [0, 0.05) is 31.6 Å². The van der Waals surface area contributed by atoms with Gasteiger partial charge in [-0.3, -0.25) is 14.4 Å². The molecule has 0 bridgehead atoms. The molecule has 3 rings (SSSR count). The summed E-state index contributed by atoms with van der Waals surface area (Å²) in [6.07, 6.45) is 1.70. The van der Waals surface area contributed by atoms with Crippen LogP contribution in [0.5, 0.6) is 0 Å². The number of furan rings is 1. The first kappa shape index (κ1) is 19.6. The molecule has 1 aromatic carbocycles. The van der Waals surface area contributed by atoms with Gasteiger partial charge in [-0.2, -0.15) is 0 Å². The average Bonchev–Trinajstić information content (AvgIpc) is 3.31. The summed E-state index contributed by atoms with van der Waals surface area (Å²) in [5, 5.41) is 5.35. The van der Waals surface area contributed by atoms with Gasteiger partial charge < -0.3 is 20.0 Å². The van der Waals surface area contributed by atoms with Crippen LogP contribution in [0.1, 0.15) is 28.1 Å². The molecule has 28 heavy (non-hydrogen) atoms. The van der Waals surface area contributed by atoms with Crippen molar-refractivity contribution in [3.63, 3.8) is 0 Å². The second kappa shape index (κ2) is 8.69. The van der Waals surface area contributed by atoms with Crippen molar-refractivity contribution in [2.24, 2.45) is 5.92 Å². The Labute approximate surface area is 161 Å². The first-order valence-electron chi connectivity index (χ1n) is 9.06. The summed E-state index contributed by atoms with van der Waals surface area (Å²) < 4.78 is 18.7. The Hall–Kier alpha value is -3.16. The minimum absolute atomic E-state index is 0.0914. The van der Waals surface area contributed by atoms with Crippen molar-refractivity contribution in [3.05, 3.63) is 59.3 Å². The van der Waals surface area contributed by atoms with E-state index >= 15 is 0 Å². The molecular weight excluding hydrogens is 365 g/mol. The van der Waals surface area contributed by atoms with Gasteiger partial charge in [0.05, 0.1) is 18.7 Å². The highest BCUT2D eigenvalue weighted by Gasteiger charge is 2.34. The third-order valence-corrected chi connectivity index (χ3v) is 4.66. The van der Waals surface area contributed by atoms with Crippen molar-refractivity contribution in [3.8, 4) is 0 Å². The van der Waals surface area contributed by atoms with E-state index < -0.39 is 17.6 Å². The van der Waals surface area contributed by atoms with E-state index in [0.717, 1.165) is 0 Å². The van der Waals surface area contributed by atoms with Gasteiger partial charge in [-0.25, -0.2) is 4.39 Å². The fraction of sp³-hybridized carbons (Fsp3) is 0.350. The van der Waals surface area contributed by atoms with Gasteiger partial charge in [-0.1, -0.05) is 6.07 Å². The first-order valence-corrected chi connectivity index (χ1v) is 9.06. The third kappa shape index (κ3) is 4.76. The van der Waals surface area contributed by atoms with Crippen LogP contribution in [0.2, 0.25) is 0 Å². The maximum atomic E-state index is 13.5. The Morgan fingerprint density at radius 2 is 2.04 bits per heavy atom. The zero-order chi connectivity index (χ0) is 20.1. The summed E-state index contributed by atoms with van der Waals surface area (Å²) in [6, 6.07) is 7.80. The maximum absolute atomic E-state index is 13.5. The van der Waals surface area contributed by atoms with Gasteiger partial charge in [0.25, 0.3) is 5.91 Å². The molecule has 0 saturated carbocycles. The molecule has 1 aromatic heterocycles. The number of carbonyl (C=O) groups excluding carboxylic acids is 3. The molecule has 7 nitrogen and oxygen atoms in total. The largest absolute Gasteiger partial charge is 0.467 e. The molecule has 2 aromatic rings. The van der Waals surface area contributed by atoms with Gasteiger partial charge in [-0.15, -0.1) is 0 Å². The number of likely N-dealkylation sites (tertiary alicyclic amines) is 1. The van der Waals surface area contributed by atoms with Crippen LogP contribution in [0.15, 0.2) is 41.0 Å². The Kier molecular flexibility index (Phi) is 6.08. The van der Waals surface area contributed by atoms with Crippen LogP contribution >= 0.6 is 0 Å². The molecule has 0 aliphatic carbocycles. The topological polar surface area (TPSA) is 91.7 Å². The fourth-order valence-corrected chi connectivity index (χ4v) is 3.03. The lowest BCUT2D eigenvalue weighted by atomic mass is 10.1. The molecule has 1 aliphatic rings. The summed E-state index contributed by atoms with van der Waals surface area (Å²) in [5.74, 6) is -0.925. The number of rotatable bonds is 7. The van der Waals surface area contributed by atoms with Crippen LogP contribution in [0.3, 0.4) is 0 Å². The van der Waals surface area contributed by atoms with E-state index in [0.29, 0.717) is 24.4 Å². The van der Waals surface area contributed by atoms with Gasteiger partial charge in [0.1, 0.15) is 11.6 Å². The summed E-state index contributed by atoms with van der Waals surface area (Å²) in [6.45, 7) is 2.73. The number of amides is 3. The number of nitrogens with zero attached hydrogens (tertiary/aromatic N) is 1. The van der Waals surface area contributed by atoms with E-state index in [2.05, 4.69) is 10.6 Å². The van der Waals surface area contributed by atoms with Gasteiger partial charge in [-0.05, 0) is 36.8 Å². The predicted octanol–water partition coefficient (Wildman–Crippen LogP) is 1.62. The summed E-state index contributed by atoms with van der Waals surface area (Å²) in [7, 11) is 0. The minimum atomic E-state index is -0.439. The smallest absolute Gasteiger partial charge is 0.251 e. The summed E-state index contributed by atoms with van der Waals surface area (Å²) >= 11 is 0. The number of benzene rings is 1. The number of nitrogens with one attached hydrogen (secondary N) is 2. The van der Waals surface area contributed by atoms with Crippen molar-refractivity contribution in [2.45, 2.75) is 19.9 Å². The van der Waals surface area contributed by atoms with Crippen LogP contribution in [0.25, 0.3) is 0 Å². The van der Waals surface area contributed by atoms with Crippen molar-refractivity contribution in [1.29, 1.82) is 0 Å². The molecule has 8 heteroatoms. The van der Waals surface area contributed by atoms with Crippen molar-refractivity contribution < 1.29 is 23.2 Å². The predicted molar refractivity (Wildman–Crippen MR) is 98.7 cm³/mol. The van der Waals surface area contributed by atoms with E-state index in [-0.39, 0.29) is 36.9 Å². The first-order chi connectivity index (χ1) is 13.4. The van der Waals surface area contributed by atoms with E-state index in [9.17, 15) is 18.8 Å². The molecule has 3 amide bonds. The Balaban J connectivity index is 1.40. The van der Waals surface area contributed by atoms with Crippen LogP contribution in [0.4, 0.5) is 4.39 Å². The van der Waals surface area contributed by atoms with E-state index in [1.165, 1.54) is 12.1 Å². The lowest BCUT2D eigenvalue weighted by Crippen LogP contribution is -2.38. The van der Waals surface area contributed by atoms with Gasteiger partial charge >= 0.3 is 0 Å². The summed E-state index contributed by atoms with van der Waals surface area (Å²) in [4.78, 5) is 37.9. The Bertz CT molecular complexity index is 866. The van der Waals surface area contributed by atoms with Crippen LogP contribution in [-0.4, -0.2) is 42.3 Å². The monoisotopic (exact) mass is 387 g/mol. The van der Waals surface area contributed by atoms with E-state index in [1.54, 1.807) is 36.3 Å².